The van der Waals surface area contributed by atoms with Crippen LogP contribution < -0.4 is 10.1 Å². The summed E-state index contributed by atoms with van der Waals surface area (Å²) in [6.07, 6.45) is 3.21. The van der Waals surface area contributed by atoms with Gasteiger partial charge in [0.1, 0.15) is 5.75 Å². The Morgan fingerprint density at radius 3 is 2.46 bits per heavy atom. The standard InChI is InChI=1S/C21H21N3O2/c1-15(2)14-26-19-10-6-9-17(11-19)21(25)24-18-12-22-20(23-13-18)16-7-4-3-5-8-16/h3-13,15H,14H2,1-2H3,(H,24,25). The van der Waals surface area contributed by atoms with Gasteiger partial charge in [0.25, 0.3) is 5.91 Å². The van der Waals surface area contributed by atoms with Crippen molar-refractivity contribution in [3.63, 3.8) is 0 Å². The number of carbonyl (C=O) groups excluding carboxylic acids is 1. The molecule has 0 saturated carbocycles. The Morgan fingerprint density at radius 1 is 1.04 bits per heavy atom. The Labute approximate surface area is 153 Å². The predicted molar refractivity (Wildman–Crippen MR) is 102 cm³/mol. The van der Waals surface area contributed by atoms with E-state index in [-0.39, 0.29) is 5.91 Å². The number of rotatable bonds is 6. The molecule has 3 rings (SSSR count). The minimum Gasteiger partial charge on any atom is -0.493 e. The van der Waals surface area contributed by atoms with Crippen molar-refractivity contribution in [2.75, 3.05) is 11.9 Å². The topological polar surface area (TPSA) is 64.1 Å². The second-order valence-corrected chi connectivity index (χ2v) is 6.35. The number of aromatic nitrogens is 2. The molecule has 1 amide bonds. The lowest BCUT2D eigenvalue weighted by Crippen LogP contribution is -2.13. The van der Waals surface area contributed by atoms with Crippen molar-refractivity contribution in [1.29, 1.82) is 0 Å². The Morgan fingerprint density at radius 2 is 1.77 bits per heavy atom. The molecule has 1 heterocycles. The SMILES string of the molecule is CC(C)COc1cccc(C(=O)Nc2cnc(-c3ccccc3)nc2)c1. The highest BCUT2D eigenvalue weighted by Gasteiger charge is 2.09. The molecule has 2 aromatic carbocycles. The first-order valence-electron chi connectivity index (χ1n) is 8.53. The summed E-state index contributed by atoms with van der Waals surface area (Å²) in [6, 6.07) is 16.8. The summed E-state index contributed by atoms with van der Waals surface area (Å²) in [4.78, 5) is 21.1. The summed E-state index contributed by atoms with van der Waals surface area (Å²) < 4.78 is 5.67. The Hall–Kier alpha value is -3.21. The van der Waals surface area contributed by atoms with Crippen molar-refractivity contribution in [3.8, 4) is 17.1 Å². The quantitative estimate of drug-likeness (QED) is 0.716. The zero-order valence-corrected chi connectivity index (χ0v) is 14.8. The minimum atomic E-state index is -0.226. The van der Waals surface area contributed by atoms with Crippen LogP contribution in [0.4, 0.5) is 5.69 Å². The van der Waals surface area contributed by atoms with Crippen LogP contribution in [-0.2, 0) is 0 Å². The van der Waals surface area contributed by atoms with E-state index < -0.39 is 0 Å². The van der Waals surface area contributed by atoms with Gasteiger partial charge in [-0.3, -0.25) is 4.79 Å². The lowest BCUT2D eigenvalue weighted by atomic mass is 10.2. The van der Waals surface area contributed by atoms with E-state index in [9.17, 15) is 4.79 Å². The van der Waals surface area contributed by atoms with Gasteiger partial charge >= 0.3 is 0 Å². The van der Waals surface area contributed by atoms with E-state index in [1.54, 1.807) is 30.6 Å². The van der Waals surface area contributed by atoms with Gasteiger partial charge in [-0.05, 0) is 24.1 Å². The largest absolute Gasteiger partial charge is 0.493 e. The van der Waals surface area contributed by atoms with E-state index in [1.807, 2.05) is 36.4 Å². The van der Waals surface area contributed by atoms with Crippen LogP contribution in [0.25, 0.3) is 11.4 Å². The molecule has 0 aliphatic carbocycles. The molecule has 1 aromatic heterocycles. The van der Waals surface area contributed by atoms with Crippen molar-refractivity contribution in [1.82, 2.24) is 9.97 Å². The number of anilines is 1. The fourth-order valence-electron chi connectivity index (χ4n) is 2.32. The van der Waals surface area contributed by atoms with Crippen LogP contribution in [0.5, 0.6) is 5.75 Å². The van der Waals surface area contributed by atoms with E-state index in [0.717, 1.165) is 5.56 Å². The molecule has 0 radical (unpaired) electrons. The molecule has 0 fully saturated rings. The summed E-state index contributed by atoms with van der Waals surface area (Å²) in [5.74, 6) is 1.50. The molecule has 5 nitrogen and oxygen atoms in total. The zero-order chi connectivity index (χ0) is 18.4. The molecule has 0 spiro atoms. The molecule has 0 unspecified atom stereocenters. The van der Waals surface area contributed by atoms with Crippen LogP contribution in [0, 0.1) is 5.92 Å². The average molecular weight is 347 g/mol. The fraction of sp³-hybridized carbons (Fsp3) is 0.190. The summed E-state index contributed by atoms with van der Waals surface area (Å²) in [7, 11) is 0. The maximum atomic E-state index is 12.4. The van der Waals surface area contributed by atoms with Crippen molar-refractivity contribution in [2.24, 2.45) is 5.92 Å². The third kappa shape index (κ3) is 4.66. The van der Waals surface area contributed by atoms with Crippen LogP contribution >= 0.6 is 0 Å². The number of hydrogen-bond acceptors (Lipinski definition) is 4. The summed E-state index contributed by atoms with van der Waals surface area (Å²) in [5.41, 5.74) is 2.00. The first kappa shape index (κ1) is 17.6. The van der Waals surface area contributed by atoms with Gasteiger partial charge in [-0.25, -0.2) is 9.97 Å². The van der Waals surface area contributed by atoms with Crippen molar-refractivity contribution in [3.05, 3.63) is 72.6 Å². The van der Waals surface area contributed by atoms with Gasteiger partial charge in [0.05, 0.1) is 24.7 Å². The Bertz CT molecular complexity index is 862. The second-order valence-electron chi connectivity index (χ2n) is 6.35. The molecule has 0 bridgehead atoms. The first-order valence-corrected chi connectivity index (χ1v) is 8.53. The number of amides is 1. The van der Waals surface area contributed by atoms with E-state index in [4.69, 9.17) is 4.74 Å². The van der Waals surface area contributed by atoms with Gasteiger partial charge in [-0.1, -0.05) is 50.2 Å². The molecule has 132 valence electrons. The van der Waals surface area contributed by atoms with E-state index in [0.29, 0.717) is 35.3 Å². The molecule has 3 aromatic rings. The number of nitrogens with one attached hydrogen (secondary N) is 1. The van der Waals surface area contributed by atoms with Gasteiger partial charge in [0.15, 0.2) is 5.82 Å². The lowest BCUT2D eigenvalue weighted by Gasteiger charge is -2.10. The Balaban J connectivity index is 1.67. The van der Waals surface area contributed by atoms with Gasteiger partial charge in [-0.2, -0.15) is 0 Å². The number of nitrogens with zero attached hydrogens (tertiary/aromatic N) is 2. The highest BCUT2D eigenvalue weighted by molar-refractivity contribution is 6.04. The van der Waals surface area contributed by atoms with Gasteiger partial charge in [0.2, 0.25) is 0 Å². The van der Waals surface area contributed by atoms with E-state index >= 15 is 0 Å². The van der Waals surface area contributed by atoms with Crippen molar-refractivity contribution in [2.45, 2.75) is 13.8 Å². The molecule has 0 aliphatic heterocycles. The van der Waals surface area contributed by atoms with Gasteiger partial charge < -0.3 is 10.1 Å². The third-order valence-electron chi connectivity index (χ3n) is 3.62. The van der Waals surface area contributed by atoms with Gasteiger partial charge in [0, 0.05) is 11.1 Å². The van der Waals surface area contributed by atoms with Crippen LogP contribution in [-0.4, -0.2) is 22.5 Å². The summed E-state index contributed by atoms with van der Waals surface area (Å²) in [5, 5.41) is 2.81. The zero-order valence-electron chi connectivity index (χ0n) is 14.8. The number of hydrogen-bond donors (Lipinski definition) is 1. The number of carbonyl (C=O) groups is 1. The molecular weight excluding hydrogens is 326 g/mol. The van der Waals surface area contributed by atoms with Gasteiger partial charge in [-0.15, -0.1) is 0 Å². The summed E-state index contributed by atoms with van der Waals surface area (Å²) in [6.45, 7) is 4.77. The molecule has 0 atom stereocenters. The lowest BCUT2D eigenvalue weighted by molar-refractivity contribution is 0.102. The number of benzene rings is 2. The molecular formula is C21H21N3O2. The monoisotopic (exact) mass is 347 g/mol. The third-order valence-corrected chi connectivity index (χ3v) is 3.62. The minimum absolute atomic E-state index is 0.226. The first-order chi connectivity index (χ1) is 12.6. The van der Waals surface area contributed by atoms with E-state index in [1.165, 1.54) is 0 Å². The molecule has 26 heavy (non-hydrogen) atoms. The van der Waals surface area contributed by atoms with Crippen LogP contribution in [0.2, 0.25) is 0 Å². The maximum Gasteiger partial charge on any atom is 0.255 e. The molecule has 5 heteroatoms. The predicted octanol–water partition coefficient (Wildman–Crippen LogP) is 4.43. The molecule has 0 aliphatic rings. The van der Waals surface area contributed by atoms with E-state index in [2.05, 4.69) is 29.1 Å². The van der Waals surface area contributed by atoms with Crippen LogP contribution in [0.15, 0.2) is 67.0 Å². The highest BCUT2D eigenvalue weighted by atomic mass is 16.5. The van der Waals surface area contributed by atoms with Crippen molar-refractivity contribution < 1.29 is 9.53 Å². The smallest absolute Gasteiger partial charge is 0.255 e. The second kappa shape index (κ2) is 8.25. The summed E-state index contributed by atoms with van der Waals surface area (Å²) >= 11 is 0. The average Bonchev–Trinajstić information content (AvgIpc) is 2.68. The number of ether oxygens (including phenoxy) is 1. The van der Waals surface area contributed by atoms with Crippen LogP contribution in [0.1, 0.15) is 24.2 Å². The normalized spacial score (nSPS) is 10.6. The Kier molecular flexibility index (Phi) is 5.59. The highest BCUT2D eigenvalue weighted by Crippen LogP contribution is 2.17. The van der Waals surface area contributed by atoms with Crippen molar-refractivity contribution >= 4 is 11.6 Å². The fourth-order valence-corrected chi connectivity index (χ4v) is 2.32. The molecule has 0 saturated heterocycles. The van der Waals surface area contributed by atoms with Crippen LogP contribution in [0.3, 0.4) is 0 Å². The molecule has 1 N–H and O–H groups in total. The maximum absolute atomic E-state index is 12.4.